The normalized spacial score (nSPS) is 12.4. The topological polar surface area (TPSA) is 26.3 Å². The molecule has 0 saturated carbocycles. The number of rotatable bonds is 5. The van der Waals surface area contributed by atoms with Crippen molar-refractivity contribution in [2.75, 3.05) is 0 Å². The molecule has 0 heterocycles. The van der Waals surface area contributed by atoms with E-state index in [1.807, 2.05) is 37.3 Å². The predicted molar refractivity (Wildman–Crippen MR) is 79.6 cm³/mol. The van der Waals surface area contributed by atoms with Crippen LogP contribution in [0, 0.1) is 11.8 Å². The Morgan fingerprint density at radius 2 is 1.63 bits per heavy atom. The van der Waals surface area contributed by atoms with Crippen LogP contribution in [0.1, 0.15) is 40.2 Å². The van der Waals surface area contributed by atoms with Gasteiger partial charge in [0.25, 0.3) is 0 Å². The molecule has 104 valence electrons. The summed E-state index contributed by atoms with van der Waals surface area (Å²) in [6.45, 7) is 10.3. The summed E-state index contributed by atoms with van der Waals surface area (Å²) in [6, 6.07) is 9.74. The van der Waals surface area contributed by atoms with E-state index in [9.17, 15) is 4.79 Å². The zero-order chi connectivity index (χ0) is 14.5. The molecule has 2 nitrogen and oxygen atoms in total. The maximum Gasteiger partial charge on any atom is 0.331 e. The van der Waals surface area contributed by atoms with Gasteiger partial charge < -0.3 is 4.74 Å². The van der Waals surface area contributed by atoms with Crippen molar-refractivity contribution in [1.29, 1.82) is 0 Å². The predicted octanol–water partition coefficient (Wildman–Crippen LogP) is 4.31. The zero-order valence-electron chi connectivity index (χ0n) is 12.5. The molecule has 0 atom stereocenters. The quantitative estimate of drug-likeness (QED) is 0.582. The van der Waals surface area contributed by atoms with Gasteiger partial charge in [-0.2, -0.15) is 0 Å². The molecule has 0 aromatic heterocycles. The molecule has 2 heteroatoms. The minimum atomic E-state index is -0.432. The molecule has 0 radical (unpaired) electrons. The molecule has 19 heavy (non-hydrogen) atoms. The zero-order valence-corrected chi connectivity index (χ0v) is 12.5. The summed E-state index contributed by atoms with van der Waals surface area (Å²) in [5, 5.41) is 0. The van der Waals surface area contributed by atoms with Crippen LogP contribution in [0.5, 0.6) is 0 Å². The average molecular weight is 260 g/mol. The van der Waals surface area contributed by atoms with Crippen LogP contribution in [-0.2, 0) is 9.53 Å². The van der Waals surface area contributed by atoms with Gasteiger partial charge in [-0.3, -0.25) is 0 Å². The molecule has 0 spiro atoms. The fourth-order valence-corrected chi connectivity index (χ4v) is 1.88. The van der Waals surface area contributed by atoms with Crippen LogP contribution in [0.2, 0.25) is 0 Å². The van der Waals surface area contributed by atoms with E-state index in [1.54, 1.807) is 6.08 Å². The Kier molecular flexibility index (Phi) is 5.34. The van der Waals surface area contributed by atoms with Gasteiger partial charge >= 0.3 is 5.97 Å². The summed E-state index contributed by atoms with van der Waals surface area (Å²) < 4.78 is 5.66. The van der Waals surface area contributed by atoms with E-state index in [0.29, 0.717) is 0 Å². The molecule has 1 aromatic carbocycles. The van der Waals surface area contributed by atoms with Crippen molar-refractivity contribution in [3.63, 3.8) is 0 Å². The fourth-order valence-electron chi connectivity index (χ4n) is 1.88. The van der Waals surface area contributed by atoms with Gasteiger partial charge in [0, 0.05) is 6.08 Å². The summed E-state index contributed by atoms with van der Waals surface area (Å²) in [6.07, 6.45) is 3.28. The van der Waals surface area contributed by atoms with Gasteiger partial charge in [0.05, 0.1) is 0 Å². The molecule has 0 bridgehead atoms. The number of ether oxygens (including phenoxy) is 1. The average Bonchev–Trinajstić information content (AvgIpc) is 2.37. The summed E-state index contributed by atoms with van der Waals surface area (Å²) in [5.41, 5.74) is 0.563. The van der Waals surface area contributed by atoms with Crippen molar-refractivity contribution in [3.8, 4) is 0 Å². The number of benzene rings is 1. The highest BCUT2D eigenvalue weighted by Crippen LogP contribution is 2.30. The highest BCUT2D eigenvalue weighted by atomic mass is 16.6. The van der Waals surface area contributed by atoms with Crippen LogP contribution in [0.15, 0.2) is 36.4 Å². The molecule has 0 N–H and O–H groups in total. The third kappa shape index (κ3) is 4.23. The summed E-state index contributed by atoms with van der Waals surface area (Å²) in [7, 11) is 0. The van der Waals surface area contributed by atoms with Crippen molar-refractivity contribution in [2.24, 2.45) is 11.8 Å². The van der Waals surface area contributed by atoms with Crippen molar-refractivity contribution >= 4 is 12.0 Å². The molecular formula is C17H24O2. The second kappa shape index (κ2) is 6.55. The van der Waals surface area contributed by atoms with Crippen molar-refractivity contribution in [2.45, 2.75) is 40.2 Å². The van der Waals surface area contributed by atoms with E-state index in [1.165, 1.54) is 6.08 Å². The van der Waals surface area contributed by atoms with Crippen LogP contribution >= 0.6 is 0 Å². The lowest BCUT2D eigenvalue weighted by Gasteiger charge is -2.36. The Hall–Kier alpha value is -1.57. The standard InChI is InChI=1S/C17H24O2/c1-13(2)17(5,14(3)4)19-16(18)12-11-15-9-7-6-8-10-15/h6-14H,1-5H3. The van der Waals surface area contributed by atoms with Crippen LogP contribution < -0.4 is 0 Å². The smallest absolute Gasteiger partial charge is 0.331 e. The van der Waals surface area contributed by atoms with Crippen LogP contribution in [-0.4, -0.2) is 11.6 Å². The first-order valence-electron chi connectivity index (χ1n) is 6.82. The van der Waals surface area contributed by atoms with Crippen molar-refractivity contribution in [1.82, 2.24) is 0 Å². The molecule has 0 aliphatic carbocycles. The fraction of sp³-hybridized carbons (Fsp3) is 0.471. The van der Waals surface area contributed by atoms with E-state index in [2.05, 4.69) is 27.7 Å². The van der Waals surface area contributed by atoms with E-state index >= 15 is 0 Å². The largest absolute Gasteiger partial charge is 0.456 e. The highest BCUT2D eigenvalue weighted by molar-refractivity contribution is 5.87. The molecule has 1 aromatic rings. The molecule has 0 saturated heterocycles. The SMILES string of the molecule is CC(C)C(C)(OC(=O)C=Cc1ccccc1)C(C)C. The number of hydrogen-bond donors (Lipinski definition) is 0. The van der Waals surface area contributed by atoms with Crippen LogP contribution in [0.3, 0.4) is 0 Å². The minimum Gasteiger partial charge on any atom is -0.456 e. The number of carbonyl (C=O) groups is 1. The number of esters is 1. The summed E-state index contributed by atoms with van der Waals surface area (Å²) >= 11 is 0. The lowest BCUT2D eigenvalue weighted by atomic mass is 9.82. The highest BCUT2D eigenvalue weighted by Gasteiger charge is 2.35. The minimum absolute atomic E-state index is 0.279. The van der Waals surface area contributed by atoms with Crippen LogP contribution in [0.25, 0.3) is 6.08 Å². The second-order valence-electron chi connectivity index (χ2n) is 5.66. The lowest BCUT2D eigenvalue weighted by molar-refractivity contribution is -0.162. The molecule has 0 aliphatic rings. The van der Waals surface area contributed by atoms with Gasteiger partial charge in [0.1, 0.15) is 5.60 Å². The monoisotopic (exact) mass is 260 g/mol. The molecule has 0 fully saturated rings. The van der Waals surface area contributed by atoms with E-state index in [0.717, 1.165) is 5.56 Å². The van der Waals surface area contributed by atoms with Gasteiger partial charge in [-0.15, -0.1) is 0 Å². The Balaban J connectivity index is 2.72. The lowest BCUT2D eigenvalue weighted by Crippen LogP contribution is -2.41. The van der Waals surface area contributed by atoms with Gasteiger partial charge in [0.2, 0.25) is 0 Å². The molecule has 0 amide bonds. The first kappa shape index (κ1) is 15.5. The van der Waals surface area contributed by atoms with Crippen molar-refractivity contribution < 1.29 is 9.53 Å². The first-order chi connectivity index (χ1) is 8.86. The molecular weight excluding hydrogens is 236 g/mol. The van der Waals surface area contributed by atoms with Gasteiger partial charge in [-0.25, -0.2) is 4.79 Å². The maximum absolute atomic E-state index is 11.9. The Bertz CT molecular complexity index is 422. The first-order valence-corrected chi connectivity index (χ1v) is 6.82. The number of carbonyl (C=O) groups excluding carboxylic acids is 1. The summed E-state index contributed by atoms with van der Waals surface area (Å²) in [4.78, 5) is 11.9. The molecule has 0 aliphatic heterocycles. The van der Waals surface area contributed by atoms with Gasteiger partial charge in [-0.05, 0) is 30.4 Å². The Morgan fingerprint density at radius 3 is 2.11 bits per heavy atom. The second-order valence-corrected chi connectivity index (χ2v) is 5.66. The Labute approximate surface area is 116 Å². The van der Waals surface area contributed by atoms with Crippen LogP contribution in [0.4, 0.5) is 0 Å². The van der Waals surface area contributed by atoms with E-state index < -0.39 is 5.60 Å². The van der Waals surface area contributed by atoms with Gasteiger partial charge in [0.15, 0.2) is 0 Å². The molecule has 0 unspecified atom stereocenters. The van der Waals surface area contributed by atoms with E-state index in [-0.39, 0.29) is 17.8 Å². The van der Waals surface area contributed by atoms with Crippen molar-refractivity contribution in [3.05, 3.63) is 42.0 Å². The maximum atomic E-state index is 11.9. The number of hydrogen-bond acceptors (Lipinski definition) is 2. The Morgan fingerprint density at radius 1 is 1.11 bits per heavy atom. The third-order valence-electron chi connectivity index (χ3n) is 3.82. The summed E-state index contributed by atoms with van der Waals surface area (Å²) in [5.74, 6) is 0.275. The van der Waals surface area contributed by atoms with E-state index in [4.69, 9.17) is 4.74 Å². The third-order valence-corrected chi connectivity index (χ3v) is 3.82. The van der Waals surface area contributed by atoms with Gasteiger partial charge in [-0.1, -0.05) is 58.0 Å². The molecule has 1 rings (SSSR count).